The predicted octanol–water partition coefficient (Wildman–Crippen LogP) is -0.485. The molecule has 1 aliphatic rings. The lowest BCUT2D eigenvalue weighted by atomic mass is 10.2. The minimum absolute atomic E-state index is 0.170. The van der Waals surface area contributed by atoms with Gasteiger partial charge in [0.1, 0.15) is 6.23 Å². The zero-order valence-electron chi connectivity index (χ0n) is 9.93. The van der Waals surface area contributed by atoms with Gasteiger partial charge in [0.15, 0.2) is 0 Å². The van der Waals surface area contributed by atoms with Crippen LogP contribution in [0.5, 0.6) is 0 Å². The molecule has 0 aromatic carbocycles. The molecular weight excluding hydrogens is 212 g/mol. The second-order valence-corrected chi connectivity index (χ2v) is 3.94. The number of ether oxygens (including phenoxy) is 1. The average Bonchev–Trinajstić information content (AvgIpc) is 2.72. The van der Waals surface area contributed by atoms with E-state index < -0.39 is 11.9 Å². The van der Waals surface area contributed by atoms with Gasteiger partial charge < -0.3 is 9.85 Å². The van der Waals surface area contributed by atoms with Crippen molar-refractivity contribution in [3.63, 3.8) is 0 Å². The van der Waals surface area contributed by atoms with Crippen LogP contribution in [0.3, 0.4) is 0 Å². The number of nitrogens with zero attached hydrogens (tertiary/aromatic N) is 1. The quantitative estimate of drug-likeness (QED) is 0.730. The number of aromatic nitrogens is 2. The number of aliphatic hydroxyl groups is 1. The number of H-pyrrole nitrogens is 1. The number of hydrogen-bond acceptors (Lipinski definition) is 4. The first-order valence-corrected chi connectivity index (χ1v) is 5.17. The van der Waals surface area contributed by atoms with Crippen LogP contribution >= 0.6 is 0 Å². The van der Waals surface area contributed by atoms with E-state index >= 15 is 0 Å². The van der Waals surface area contributed by atoms with E-state index in [4.69, 9.17) is 6.17 Å². The Bertz CT molecular complexity index is 510. The molecule has 6 heteroatoms. The summed E-state index contributed by atoms with van der Waals surface area (Å²) in [5.74, 6) is 0. The Kier molecular flexibility index (Phi) is 2.59. The van der Waals surface area contributed by atoms with Crippen molar-refractivity contribution in [1.82, 2.24) is 9.55 Å². The highest BCUT2D eigenvalue weighted by atomic mass is 16.5. The van der Waals surface area contributed by atoms with E-state index in [1.165, 1.54) is 10.8 Å². The first kappa shape index (κ1) is 9.80. The van der Waals surface area contributed by atoms with Gasteiger partial charge in [-0.05, 0) is 19.8 Å². The monoisotopic (exact) mass is 227 g/mol. The molecule has 0 bridgehead atoms. The number of aliphatic hydroxyl groups excluding tert-OH is 1. The lowest BCUT2D eigenvalue weighted by Crippen LogP contribution is -2.33. The van der Waals surface area contributed by atoms with Crippen LogP contribution in [-0.4, -0.2) is 28.8 Å². The topological polar surface area (TPSA) is 84.3 Å². The lowest BCUT2D eigenvalue weighted by Gasteiger charge is -2.14. The zero-order chi connectivity index (χ0) is 12.4. The van der Waals surface area contributed by atoms with Gasteiger partial charge in [-0.25, -0.2) is 4.79 Å². The van der Waals surface area contributed by atoms with Crippen LogP contribution in [-0.2, 0) is 4.74 Å². The van der Waals surface area contributed by atoms with E-state index in [9.17, 15) is 9.59 Å². The highest BCUT2D eigenvalue weighted by Gasteiger charge is 2.26. The second-order valence-electron chi connectivity index (χ2n) is 3.94. The average molecular weight is 227 g/mol. The van der Waals surface area contributed by atoms with Gasteiger partial charge in [-0.15, -0.1) is 0 Å². The molecule has 1 aromatic heterocycles. The smallest absolute Gasteiger partial charge is 0.330 e. The zero-order valence-corrected chi connectivity index (χ0v) is 8.93. The molecule has 2 N–H and O–H groups in total. The molecule has 0 aliphatic carbocycles. The fourth-order valence-electron chi connectivity index (χ4n) is 1.81. The number of hydrogen-bond donors (Lipinski definition) is 2. The van der Waals surface area contributed by atoms with Gasteiger partial charge in [-0.1, -0.05) is 0 Å². The molecule has 16 heavy (non-hydrogen) atoms. The fourth-order valence-corrected chi connectivity index (χ4v) is 1.81. The highest BCUT2D eigenvalue weighted by molar-refractivity contribution is 5.01. The van der Waals surface area contributed by atoms with E-state index in [-0.39, 0.29) is 18.3 Å². The third-order valence-electron chi connectivity index (χ3n) is 2.73. The summed E-state index contributed by atoms with van der Waals surface area (Å²) in [4.78, 5) is 25.1. The number of nitrogens with one attached hydrogen (secondary N) is 1. The molecule has 88 valence electrons. The first-order valence-electron chi connectivity index (χ1n) is 5.58. The third-order valence-corrected chi connectivity index (χ3v) is 2.73. The Balaban J connectivity index is 2.22. The molecule has 1 fully saturated rings. The number of aryl methyl sites for hydroxylation is 1. The SMILES string of the molecule is [2H]OC[C@@H]1CC[C@H](n2cc(C)c(=O)[nH]c2=O)O1. The molecule has 2 rings (SSSR count). The van der Waals surface area contributed by atoms with Crippen LogP contribution in [0.4, 0.5) is 0 Å². The Morgan fingerprint density at radius 2 is 2.50 bits per heavy atom. The third kappa shape index (κ3) is 1.94. The predicted molar refractivity (Wildman–Crippen MR) is 56.3 cm³/mol. The van der Waals surface area contributed by atoms with Crippen LogP contribution < -0.4 is 11.2 Å². The molecule has 1 aliphatic heterocycles. The van der Waals surface area contributed by atoms with E-state index in [0.717, 1.165) is 6.42 Å². The first-order chi connectivity index (χ1) is 8.11. The maximum Gasteiger partial charge on any atom is 0.330 e. The van der Waals surface area contributed by atoms with Crippen molar-refractivity contribution >= 4 is 0 Å². The molecule has 0 amide bonds. The van der Waals surface area contributed by atoms with Crippen LogP contribution in [0.15, 0.2) is 15.8 Å². The van der Waals surface area contributed by atoms with Crippen molar-refractivity contribution in [2.24, 2.45) is 0 Å². The van der Waals surface area contributed by atoms with Crippen molar-refractivity contribution in [2.45, 2.75) is 32.1 Å². The van der Waals surface area contributed by atoms with Crippen molar-refractivity contribution in [3.05, 3.63) is 32.6 Å². The molecule has 0 unspecified atom stereocenters. The molecule has 6 nitrogen and oxygen atoms in total. The van der Waals surface area contributed by atoms with Crippen molar-refractivity contribution in [2.75, 3.05) is 6.61 Å². The molecular formula is C10H14N2O4. The van der Waals surface area contributed by atoms with Gasteiger partial charge in [-0.2, -0.15) is 0 Å². The Morgan fingerprint density at radius 3 is 3.25 bits per heavy atom. The largest absolute Gasteiger partial charge is 0.394 e. The molecule has 1 aromatic rings. The maximum absolute atomic E-state index is 11.6. The van der Waals surface area contributed by atoms with Crippen molar-refractivity contribution < 1.29 is 9.85 Å². The van der Waals surface area contributed by atoms with Gasteiger partial charge in [0, 0.05) is 11.8 Å². The minimum Gasteiger partial charge on any atom is -0.394 e. The molecule has 2 heterocycles. The van der Waals surface area contributed by atoms with Gasteiger partial charge in [0.25, 0.3) is 5.56 Å². The van der Waals surface area contributed by atoms with E-state index in [1.807, 2.05) is 0 Å². The van der Waals surface area contributed by atoms with E-state index in [1.54, 1.807) is 6.92 Å². The summed E-state index contributed by atoms with van der Waals surface area (Å²) in [6, 6.07) is 0. The van der Waals surface area contributed by atoms with Crippen LogP contribution in [0.2, 0.25) is 0 Å². The summed E-state index contributed by atoms with van der Waals surface area (Å²) in [6.07, 6.45) is 2.33. The van der Waals surface area contributed by atoms with Crippen LogP contribution in [0.25, 0.3) is 0 Å². The Labute approximate surface area is 93.0 Å². The van der Waals surface area contributed by atoms with Crippen LogP contribution in [0, 0.1) is 6.92 Å². The number of rotatable bonds is 3. The Morgan fingerprint density at radius 1 is 1.69 bits per heavy atom. The van der Waals surface area contributed by atoms with Crippen LogP contribution in [0.1, 0.15) is 24.6 Å². The number of aromatic amines is 1. The molecule has 0 spiro atoms. The Hall–Kier alpha value is -1.40. The molecule has 0 saturated carbocycles. The summed E-state index contributed by atoms with van der Waals surface area (Å²) in [7, 11) is 0. The normalized spacial score (nSPS) is 25.7. The highest BCUT2D eigenvalue weighted by Crippen LogP contribution is 2.26. The van der Waals surface area contributed by atoms with Gasteiger partial charge in [-0.3, -0.25) is 14.3 Å². The van der Waals surface area contributed by atoms with Gasteiger partial charge in [0.2, 0.25) is 1.43 Å². The van der Waals surface area contributed by atoms with E-state index in [0.29, 0.717) is 12.0 Å². The fraction of sp³-hybridized carbons (Fsp3) is 0.600. The lowest BCUT2D eigenvalue weighted by molar-refractivity contribution is -0.0247. The maximum atomic E-state index is 11.6. The molecule has 1 saturated heterocycles. The van der Waals surface area contributed by atoms with Crippen molar-refractivity contribution in [3.8, 4) is 0 Å². The summed E-state index contributed by atoms with van der Waals surface area (Å²) in [5.41, 5.74) is -0.387. The minimum atomic E-state index is -0.474. The summed E-state index contributed by atoms with van der Waals surface area (Å²) < 4.78 is 13.6. The van der Waals surface area contributed by atoms with Crippen molar-refractivity contribution in [1.29, 1.82) is 1.43 Å². The van der Waals surface area contributed by atoms with Gasteiger partial charge in [0.05, 0.1) is 12.7 Å². The summed E-state index contributed by atoms with van der Waals surface area (Å²) in [5, 5.41) is 4.26. The van der Waals surface area contributed by atoms with Gasteiger partial charge >= 0.3 is 5.69 Å². The molecule has 2 atom stereocenters. The molecule has 0 radical (unpaired) electrons. The standard InChI is InChI=1S/C10H14N2O4/c1-6-4-12(10(15)11-9(6)14)8-3-2-7(5-13)16-8/h4,7-8,13H,2-3,5H2,1H3,(H,11,14,15)/t7-,8+/m0/s1/i13D. The summed E-state index contributed by atoms with van der Waals surface area (Å²) in [6.45, 7) is 1.82. The summed E-state index contributed by atoms with van der Waals surface area (Å²) >= 11 is 0. The van der Waals surface area contributed by atoms with E-state index in [2.05, 4.69) is 10.1 Å². The second kappa shape index (κ2) is 4.23.